The van der Waals surface area contributed by atoms with Crippen LogP contribution >= 0.6 is 11.3 Å². The summed E-state index contributed by atoms with van der Waals surface area (Å²) in [4.78, 5) is 30.4. The van der Waals surface area contributed by atoms with Crippen LogP contribution in [0.15, 0.2) is 83.8 Å². The molecule has 0 saturated heterocycles. The summed E-state index contributed by atoms with van der Waals surface area (Å²) in [5.41, 5.74) is 2.35. The first-order valence-corrected chi connectivity index (χ1v) is 10.9. The Morgan fingerprint density at radius 2 is 1.71 bits per heavy atom. The molecule has 31 heavy (non-hydrogen) atoms. The maximum absolute atomic E-state index is 12.7. The number of benzene rings is 2. The van der Waals surface area contributed by atoms with Crippen molar-refractivity contribution >= 4 is 17.1 Å². The second-order valence-electron chi connectivity index (χ2n) is 7.16. The summed E-state index contributed by atoms with van der Waals surface area (Å²) in [6.45, 7) is 2.11. The Bertz CT molecular complexity index is 1230. The zero-order valence-corrected chi connectivity index (χ0v) is 18.0. The number of thiazole rings is 1. The zero-order chi connectivity index (χ0) is 21.6. The van der Waals surface area contributed by atoms with Crippen LogP contribution in [-0.4, -0.2) is 15.3 Å². The first-order valence-electron chi connectivity index (χ1n) is 10.0. The van der Waals surface area contributed by atoms with E-state index in [2.05, 4.69) is 4.98 Å². The molecule has 2 aromatic carbocycles. The van der Waals surface area contributed by atoms with Gasteiger partial charge in [0.25, 0.3) is 5.56 Å². The average molecular weight is 431 g/mol. The molecule has 0 radical (unpaired) electrons. The van der Waals surface area contributed by atoms with Crippen LogP contribution in [-0.2, 0) is 13.0 Å². The maximum Gasteiger partial charge on any atom is 0.257 e. The van der Waals surface area contributed by atoms with E-state index in [1.54, 1.807) is 6.20 Å². The normalized spacial score (nSPS) is 10.7. The van der Waals surface area contributed by atoms with E-state index >= 15 is 0 Å². The Labute approximate surface area is 184 Å². The highest BCUT2D eigenvalue weighted by atomic mass is 32.1. The molecule has 0 saturated carbocycles. The summed E-state index contributed by atoms with van der Waals surface area (Å²) in [5.74, 6) is 0.798. The predicted octanol–water partition coefficient (Wildman–Crippen LogP) is 5.00. The molecule has 2 heterocycles. The second kappa shape index (κ2) is 9.53. The minimum Gasteiger partial charge on any atom is -0.489 e. The number of hydrogen-bond donors (Lipinski definition) is 0. The first kappa shape index (κ1) is 20.8. The van der Waals surface area contributed by atoms with Gasteiger partial charge < -0.3 is 4.74 Å². The Morgan fingerprint density at radius 1 is 1.00 bits per heavy atom. The lowest BCUT2D eigenvalue weighted by Gasteiger charge is -2.07. The van der Waals surface area contributed by atoms with Gasteiger partial charge in [0.15, 0.2) is 10.9 Å². The van der Waals surface area contributed by atoms with Gasteiger partial charge in [-0.3, -0.25) is 14.2 Å². The van der Waals surface area contributed by atoms with Crippen molar-refractivity contribution in [3.05, 3.63) is 111 Å². The fourth-order valence-corrected chi connectivity index (χ4v) is 4.23. The van der Waals surface area contributed by atoms with Gasteiger partial charge in [-0.05, 0) is 42.7 Å². The van der Waals surface area contributed by atoms with Crippen LogP contribution in [0.4, 0.5) is 0 Å². The van der Waals surface area contributed by atoms with Gasteiger partial charge in [-0.25, -0.2) is 4.98 Å². The van der Waals surface area contributed by atoms with Crippen LogP contribution in [0.2, 0.25) is 0 Å². The average Bonchev–Trinajstić information content (AvgIpc) is 3.19. The Morgan fingerprint density at radius 3 is 2.42 bits per heavy atom. The van der Waals surface area contributed by atoms with Crippen LogP contribution in [0, 0.1) is 6.92 Å². The van der Waals surface area contributed by atoms with Crippen molar-refractivity contribution in [3.63, 3.8) is 0 Å². The summed E-state index contributed by atoms with van der Waals surface area (Å²) >= 11 is 1.26. The highest BCUT2D eigenvalue weighted by molar-refractivity contribution is 7.16. The summed E-state index contributed by atoms with van der Waals surface area (Å²) in [5, 5.41) is 0.501. The van der Waals surface area contributed by atoms with Crippen molar-refractivity contribution in [2.75, 3.05) is 0 Å². The quantitative estimate of drug-likeness (QED) is 0.369. The minimum atomic E-state index is -0.203. The number of aromatic nitrogens is 2. The van der Waals surface area contributed by atoms with Gasteiger partial charge in [0, 0.05) is 18.7 Å². The van der Waals surface area contributed by atoms with E-state index in [-0.39, 0.29) is 11.3 Å². The van der Waals surface area contributed by atoms with E-state index < -0.39 is 0 Å². The third-order valence-electron chi connectivity index (χ3n) is 4.86. The zero-order valence-electron chi connectivity index (χ0n) is 17.2. The highest BCUT2D eigenvalue weighted by Gasteiger charge is 2.17. The number of nitrogens with zero attached hydrogens (tertiary/aromatic N) is 2. The Balaban J connectivity index is 1.46. The maximum atomic E-state index is 12.7. The first-order chi connectivity index (χ1) is 15.1. The third kappa shape index (κ3) is 5.16. The summed E-state index contributed by atoms with van der Waals surface area (Å²) < 4.78 is 7.17. The van der Waals surface area contributed by atoms with Crippen molar-refractivity contribution in [1.29, 1.82) is 0 Å². The molecule has 4 rings (SSSR count). The van der Waals surface area contributed by atoms with E-state index in [9.17, 15) is 9.59 Å². The van der Waals surface area contributed by atoms with Crippen molar-refractivity contribution in [1.82, 2.24) is 9.55 Å². The number of pyridine rings is 1. The SMILES string of the molecule is Cc1nc(-n2ccc(COc3ccccc3)cc2=O)sc1C(=O)CCc1ccccc1. The van der Waals surface area contributed by atoms with Gasteiger partial charge in [0.1, 0.15) is 12.4 Å². The number of carbonyl (C=O) groups is 1. The van der Waals surface area contributed by atoms with Gasteiger partial charge in [0.05, 0.1) is 10.6 Å². The molecule has 0 amide bonds. The molecule has 0 unspecified atom stereocenters. The number of rotatable bonds is 8. The highest BCUT2D eigenvalue weighted by Crippen LogP contribution is 2.23. The van der Waals surface area contributed by atoms with E-state index in [0.717, 1.165) is 16.9 Å². The number of ether oxygens (including phenoxy) is 1. The molecule has 0 aliphatic heterocycles. The van der Waals surface area contributed by atoms with Crippen molar-refractivity contribution < 1.29 is 9.53 Å². The van der Waals surface area contributed by atoms with E-state index in [1.165, 1.54) is 22.0 Å². The lowest BCUT2D eigenvalue weighted by atomic mass is 10.1. The van der Waals surface area contributed by atoms with E-state index in [1.807, 2.05) is 73.7 Å². The largest absolute Gasteiger partial charge is 0.489 e. The van der Waals surface area contributed by atoms with Crippen LogP contribution < -0.4 is 10.3 Å². The molecule has 2 aromatic heterocycles. The lowest BCUT2D eigenvalue weighted by molar-refractivity contribution is 0.0986. The lowest BCUT2D eigenvalue weighted by Crippen LogP contribution is -2.17. The van der Waals surface area contributed by atoms with Gasteiger partial charge in [-0.15, -0.1) is 0 Å². The van der Waals surface area contributed by atoms with Gasteiger partial charge in [0.2, 0.25) is 0 Å². The third-order valence-corrected chi connectivity index (χ3v) is 6.06. The van der Waals surface area contributed by atoms with Crippen molar-refractivity contribution in [2.45, 2.75) is 26.4 Å². The van der Waals surface area contributed by atoms with Gasteiger partial charge in [-0.2, -0.15) is 0 Å². The standard InChI is InChI=1S/C25H22N2O3S/c1-18-24(22(28)13-12-19-8-4-2-5-9-19)31-25(26-18)27-15-14-20(16-23(27)29)17-30-21-10-6-3-7-11-21/h2-11,14-16H,12-13,17H2,1H3. The summed E-state index contributed by atoms with van der Waals surface area (Å²) in [7, 11) is 0. The molecule has 0 atom stereocenters. The van der Waals surface area contributed by atoms with E-state index in [4.69, 9.17) is 4.74 Å². The molecule has 0 bridgehead atoms. The predicted molar refractivity (Wildman–Crippen MR) is 122 cm³/mol. The number of Topliss-reactive ketones (excluding diaryl/α,β-unsaturated/α-hetero) is 1. The molecule has 6 heteroatoms. The molecule has 4 aromatic rings. The molecule has 0 fully saturated rings. The molecular weight excluding hydrogens is 408 g/mol. The molecule has 0 aliphatic rings. The second-order valence-corrected chi connectivity index (χ2v) is 8.14. The van der Waals surface area contributed by atoms with Gasteiger partial charge in [-0.1, -0.05) is 59.9 Å². The number of hydrogen-bond acceptors (Lipinski definition) is 5. The van der Waals surface area contributed by atoms with Crippen LogP contribution in [0.1, 0.15) is 32.9 Å². The van der Waals surface area contributed by atoms with Crippen molar-refractivity contribution in [2.24, 2.45) is 0 Å². The topological polar surface area (TPSA) is 61.2 Å². The van der Waals surface area contributed by atoms with E-state index in [0.29, 0.717) is 35.2 Å². The van der Waals surface area contributed by atoms with Crippen LogP contribution in [0.5, 0.6) is 5.75 Å². The summed E-state index contributed by atoms with van der Waals surface area (Å²) in [6, 6.07) is 22.8. The number of ketones is 1. The summed E-state index contributed by atoms with van der Waals surface area (Å²) in [6.07, 6.45) is 2.78. The minimum absolute atomic E-state index is 0.0473. The Kier molecular flexibility index (Phi) is 6.38. The number of para-hydroxylation sites is 1. The Hall–Kier alpha value is -3.51. The molecular formula is C25H22N2O3S. The monoisotopic (exact) mass is 430 g/mol. The van der Waals surface area contributed by atoms with Crippen molar-refractivity contribution in [3.8, 4) is 10.9 Å². The van der Waals surface area contributed by atoms with Gasteiger partial charge >= 0.3 is 0 Å². The van der Waals surface area contributed by atoms with Crippen LogP contribution in [0.25, 0.3) is 5.13 Å². The van der Waals surface area contributed by atoms with Crippen LogP contribution in [0.3, 0.4) is 0 Å². The number of carbonyl (C=O) groups excluding carboxylic acids is 1. The molecule has 0 spiro atoms. The fraction of sp³-hybridized carbons (Fsp3) is 0.160. The molecule has 156 valence electrons. The molecule has 0 aliphatic carbocycles. The smallest absolute Gasteiger partial charge is 0.257 e. The molecule has 0 N–H and O–H groups in total. The fourth-order valence-electron chi connectivity index (χ4n) is 3.21. The molecule has 5 nitrogen and oxygen atoms in total. The number of aryl methyl sites for hydroxylation is 2.